The van der Waals surface area contributed by atoms with Gasteiger partial charge in [-0.25, -0.2) is 4.79 Å². The summed E-state index contributed by atoms with van der Waals surface area (Å²) in [5.74, 6) is 0.492. The molecule has 130 valence electrons. The van der Waals surface area contributed by atoms with Crippen LogP contribution in [0.4, 0.5) is 10.5 Å². The van der Waals surface area contributed by atoms with Crippen LogP contribution in [0.15, 0.2) is 41.2 Å². The Bertz CT molecular complexity index is 896. The first-order valence-corrected chi connectivity index (χ1v) is 8.97. The molecule has 1 saturated heterocycles. The Hall–Kier alpha value is -1.98. The first-order chi connectivity index (χ1) is 12.0. The van der Waals surface area contributed by atoms with Crippen LogP contribution in [0.1, 0.15) is 18.0 Å². The van der Waals surface area contributed by atoms with Crippen LogP contribution in [-0.2, 0) is 6.54 Å². The van der Waals surface area contributed by atoms with Gasteiger partial charge in [0, 0.05) is 43.0 Å². The lowest BCUT2D eigenvalue weighted by molar-refractivity contribution is 0.139. The fourth-order valence-corrected chi connectivity index (χ4v) is 4.14. The average Bonchev–Trinajstić information content (AvgIpc) is 2.59. The van der Waals surface area contributed by atoms with Crippen molar-refractivity contribution < 1.29 is 4.79 Å². The molecule has 0 saturated carbocycles. The van der Waals surface area contributed by atoms with Gasteiger partial charge in [-0.2, -0.15) is 0 Å². The monoisotopic (exact) mass is 377 g/mol. The number of amides is 2. The molecule has 2 bridgehead atoms. The van der Waals surface area contributed by atoms with Gasteiger partial charge in [-0.15, -0.1) is 0 Å². The number of fused-ring (bicyclic) bond motifs is 4. The van der Waals surface area contributed by atoms with E-state index in [0.29, 0.717) is 41.3 Å². The molecule has 2 aromatic rings. The summed E-state index contributed by atoms with van der Waals surface area (Å²) in [4.78, 5) is 26.5. The third-order valence-corrected chi connectivity index (χ3v) is 5.68. The number of pyridine rings is 1. The van der Waals surface area contributed by atoms with Gasteiger partial charge in [0.05, 0.1) is 10.0 Å². The highest BCUT2D eigenvalue weighted by molar-refractivity contribution is 6.42. The molecule has 1 fully saturated rings. The van der Waals surface area contributed by atoms with Crippen molar-refractivity contribution in [2.45, 2.75) is 18.9 Å². The number of likely N-dealkylation sites (tertiary alicyclic amines) is 1. The van der Waals surface area contributed by atoms with Crippen LogP contribution in [0, 0.1) is 5.92 Å². The molecule has 0 spiro atoms. The molecule has 25 heavy (non-hydrogen) atoms. The quantitative estimate of drug-likeness (QED) is 0.821. The van der Waals surface area contributed by atoms with Crippen LogP contribution in [0.2, 0.25) is 10.0 Å². The number of rotatable bonds is 1. The first-order valence-electron chi connectivity index (χ1n) is 8.22. The lowest BCUT2D eigenvalue weighted by Crippen LogP contribution is -2.50. The van der Waals surface area contributed by atoms with Gasteiger partial charge in [0.1, 0.15) is 0 Å². The summed E-state index contributed by atoms with van der Waals surface area (Å²) in [6, 6.07) is 10.3. The second-order valence-electron chi connectivity index (χ2n) is 6.66. The summed E-state index contributed by atoms with van der Waals surface area (Å²) in [5, 5.41) is 3.74. The summed E-state index contributed by atoms with van der Waals surface area (Å²) in [6.45, 7) is 1.92. The fourth-order valence-electron chi connectivity index (χ4n) is 3.84. The number of carbonyl (C=O) groups excluding carboxylic acids is 1. The maximum Gasteiger partial charge on any atom is 0.321 e. The van der Waals surface area contributed by atoms with Crippen LogP contribution in [0.5, 0.6) is 0 Å². The highest BCUT2D eigenvalue weighted by Crippen LogP contribution is 2.35. The van der Waals surface area contributed by atoms with Gasteiger partial charge in [0.2, 0.25) is 0 Å². The Labute approximate surface area is 155 Å². The van der Waals surface area contributed by atoms with E-state index >= 15 is 0 Å². The number of nitrogens with zero attached hydrogens (tertiary/aromatic N) is 2. The standard InChI is InChI=1S/C18H17Cl2N3O2/c19-14-5-4-13(7-15(14)20)21-18(25)22-8-11-6-12(10-22)16-2-1-3-17(24)23(16)9-11/h1-5,7,11-12H,6,8-10H2,(H,21,25)/t11-,12-/m1/s1. The molecule has 4 rings (SSSR count). The normalized spacial score (nSPS) is 21.6. The summed E-state index contributed by atoms with van der Waals surface area (Å²) < 4.78 is 1.85. The minimum absolute atomic E-state index is 0.0425. The summed E-state index contributed by atoms with van der Waals surface area (Å²) in [7, 11) is 0. The number of urea groups is 1. The summed E-state index contributed by atoms with van der Waals surface area (Å²) >= 11 is 11.9. The smallest absolute Gasteiger partial charge is 0.321 e. The van der Waals surface area contributed by atoms with Gasteiger partial charge < -0.3 is 14.8 Å². The molecule has 2 aliphatic rings. The molecule has 1 aromatic carbocycles. The van der Waals surface area contributed by atoms with Gasteiger partial charge in [-0.05, 0) is 36.6 Å². The molecule has 1 N–H and O–H groups in total. The van der Waals surface area contributed by atoms with Crippen molar-refractivity contribution >= 4 is 34.9 Å². The van der Waals surface area contributed by atoms with Crippen LogP contribution in [0.3, 0.4) is 0 Å². The van der Waals surface area contributed by atoms with Crippen molar-refractivity contribution in [3.05, 3.63) is 62.5 Å². The largest absolute Gasteiger partial charge is 0.324 e. The van der Waals surface area contributed by atoms with E-state index in [1.54, 1.807) is 30.3 Å². The molecular weight excluding hydrogens is 361 g/mol. The molecule has 0 radical (unpaired) electrons. The zero-order chi connectivity index (χ0) is 17.6. The van der Waals surface area contributed by atoms with Crippen molar-refractivity contribution in [2.75, 3.05) is 18.4 Å². The number of halogens is 2. The molecule has 2 aliphatic heterocycles. The van der Waals surface area contributed by atoms with Crippen molar-refractivity contribution in [1.82, 2.24) is 9.47 Å². The number of carbonyl (C=O) groups is 1. The Morgan fingerprint density at radius 3 is 2.72 bits per heavy atom. The highest BCUT2D eigenvalue weighted by atomic mass is 35.5. The molecule has 3 heterocycles. The summed E-state index contributed by atoms with van der Waals surface area (Å²) in [6.07, 6.45) is 1.01. The van der Waals surface area contributed by atoms with Gasteiger partial charge in [-0.3, -0.25) is 4.79 Å². The van der Waals surface area contributed by atoms with E-state index in [1.165, 1.54) is 0 Å². The average molecular weight is 378 g/mol. The third-order valence-electron chi connectivity index (χ3n) is 4.94. The Kier molecular flexibility index (Phi) is 4.21. The van der Waals surface area contributed by atoms with E-state index in [4.69, 9.17) is 23.2 Å². The van der Waals surface area contributed by atoms with Crippen molar-refractivity contribution in [1.29, 1.82) is 0 Å². The van der Waals surface area contributed by atoms with E-state index in [-0.39, 0.29) is 17.5 Å². The van der Waals surface area contributed by atoms with Gasteiger partial charge >= 0.3 is 6.03 Å². The van der Waals surface area contributed by atoms with E-state index in [2.05, 4.69) is 5.32 Å². The van der Waals surface area contributed by atoms with Crippen molar-refractivity contribution in [3.8, 4) is 0 Å². The maximum absolute atomic E-state index is 12.6. The number of nitrogens with one attached hydrogen (secondary N) is 1. The zero-order valence-electron chi connectivity index (χ0n) is 13.4. The van der Waals surface area contributed by atoms with Crippen molar-refractivity contribution in [3.63, 3.8) is 0 Å². The van der Waals surface area contributed by atoms with Crippen molar-refractivity contribution in [2.24, 2.45) is 5.92 Å². The number of anilines is 1. The molecule has 2 amide bonds. The minimum atomic E-state index is -0.153. The Balaban J connectivity index is 1.52. The second kappa shape index (κ2) is 6.39. The third kappa shape index (κ3) is 3.14. The molecular formula is C18H17Cl2N3O2. The molecule has 5 nitrogen and oxygen atoms in total. The number of aromatic nitrogens is 1. The molecule has 0 aliphatic carbocycles. The number of piperidine rings is 1. The SMILES string of the molecule is O=C(Nc1ccc(Cl)c(Cl)c1)N1C[C@H]2C[C@H](C1)c1cccc(=O)n1C2. The molecule has 0 unspecified atom stereocenters. The van der Waals surface area contributed by atoms with E-state index < -0.39 is 0 Å². The number of hydrogen-bond donors (Lipinski definition) is 1. The van der Waals surface area contributed by atoms with E-state index in [0.717, 1.165) is 12.1 Å². The number of benzene rings is 1. The van der Waals surface area contributed by atoms with Gasteiger partial charge in [0.25, 0.3) is 5.56 Å². The molecule has 1 aromatic heterocycles. The van der Waals surface area contributed by atoms with Gasteiger partial charge in [-0.1, -0.05) is 29.3 Å². The van der Waals surface area contributed by atoms with Crippen LogP contribution in [-0.4, -0.2) is 28.6 Å². The fraction of sp³-hybridized carbons (Fsp3) is 0.333. The highest BCUT2D eigenvalue weighted by Gasteiger charge is 2.36. The molecule has 2 atom stereocenters. The minimum Gasteiger partial charge on any atom is -0.324 e. The Morgan fingerprint density at radius 2 is 1.92 bits per heavy atom. The summed E-state index contributed by atoms with van der Waals surface area (Å²) in [5.41, 5.74) is 1.68. The van der Waals surface area contributed by atoms with Gasteiger partial charge in [0.15, 0.2) is 0 Å². The number of hydrogen-bond acceptors (Lipinski definition) is 2. The van der Waals surface area contributed by atoms with Crippen LogP contribution < -0.4 is 10.9 Å². The second-order valence-corrected chi connectivity index (χ2v) is 7.48. The lowest BCUT2D eigenvalue weighted by Gasteiger charge is -2.42. The van der Waals surface area contributed by atoms with Crippen LogP contribution >= 0.6 is 23.2 Å². The predicted octanol–water partition coefficient (Wildman–Crippen LogP) is 3.81. The van der Waals surface area contributed by atoms with E-state index in [1.807, 2.05) is 15.5 Å². The predicted molar refractivity (Wildman–Crippen MR) is 98.6 cm³/mol. The maximum atomic E-state index is 12.6. The lowest BCUT2D eigenvalue weighted by atomic mass is 9.83. The molecule has 7 heteroatoms. The van der Waals surface area contributed by atoms with E-state index in [9.17, 15) is 9.59 Å². The zero-order valence-corrected chi connectivity index (χ0v) is 14.9. The Morgan fingerprint density at radius 1 is 1.08 bits per heavy atom. The first kappa shape index (κ1) is 16.5. The topological polar surface area (TPSA) is 54.3 Å². The van der Waals surface area contributed by atoms with Crippen LogP contribution in [0.25, 0.3) is 0 Å².